The van der Waals surface area contributed by atoms with Gasteiger partial charge in [0.15, 0.2) is 5.13 Å². The Morgan fingerprint density at radius 1 is 1.12 bits per heavy atom. The number of aromatic nitrogens is 2. The Labute approximate surface area is 160 Å². The number of amides is 1. The fourth-order valence-electron chi connectivity index (χ4n) is 3.67. The van der Waals surface area contributed by atoms with E-state index in [0.717, 1.165) is 23.5 Å². The lowest BCUT2D eigenvalue weighted by molar-refractivity contribution is 0.0679. The van der Waals surface area contributed by atoms with E-state index in [2.05, 4.69) is 39.6 Å². The van der Waals surface area contributed by atoms with Crippen LogP contribution >= 0.6 is 22.7 Å². The summed E-state index contributed by atoms with van der Waals surface area (Å²) in [6.45, 7) is 3.29. The van der Waals surface area contributed by atoms with E-state index in [1.165, 1.54) is 28.2 Å². The van der Waals surface area contributed by atoms with Crippen LogP contribution in [0.2, 0.25) is 0 Å². The molecule has 2 aromatic heterocycles. The third kappa shape index (κ3) is 3.01. The second kappa shape index (κ2) is 6.81. The van der Waals surface area contributed by atoms with Gasteiger partial charge in [-0.1, -0.05) is 30.3 Å². The molecule has 3 heterocycles. The van der Waals surface area contributed by atoms with Gasteiger partial charge in [0.05, 0.1) is 10.7 Å². The molecule has 2 N–H and O–H groups in total. The number of nitrogen functional groups attached to an aromatic ring is 1. The molecule has 1 saturated heterocycles. The van der Waals surface area contributed by atoms with Gasteiger partial charge in [-0.15, -0.1) is 22.7 Å². The number of nitrogens with zero attached hydrogens (tertiary/aromatic N) is 3. The molecule has 134 valence electrons. The highest BCUT2D eigenvalue weighted by atomic mass is 32.1. The molecule has 1 aliphatic heterocycles. The first-order valence-electron chi connectivity index (χ1n) is 8.57. The van der Waals surface area contributed by atoms with Crippen LogP contribution in [0.1, 0.15) is 39.6 Å². The summed E-state index contributed by atoms with van der Waals surface area (Å²) >= 11 is 2.99. The first-order chi connectivity index (χ1) is 12.6. The highest BCUT2D eigenvalue weighted by Crippen LogP contribution is 2.42. The van der Waals surface area contributed by atoms with E-state index < -0.39 is 0 Å². The Bertz CT molecular complexity index is 911. The SMILES string of the molecule is Cc1nc(C(=O)N2CCC(c3ccccc3)(c3csc(N)n3)CC2)cs1. The number of nitrogens with two attached hydrogens (primary N) is 1. The minimum atomic E-state index is -0.190. The van der Waals surface area contributed by atoms with Gasteiger partial charge in [0, 0.05) is 29.3 Å². The van der Waals surface area contributed by atoms with E-state index in [4.69, 9.17) is 5.73 Å². The van der Waals surface area contributed by atoms with Crippen molar-refractivity contribution in [2.24, 2.45) is 0 Å². The van der Waals surface area contributed by atoms with Crippen molar-refractivity contribution in [3.8, 4) is 0 Å². The normalized spacial score (nSPS) is 16.6. The Hall–Kier alpha value is -2.25. The van der Waals surface area contributed by atoms with Crippen molar-refractivity contribution in [2.75, 3.05) is 18.8 Å². The number of rotatable bonds is 3. The quantitative estimate of drug-likeness (QED) is 0.747. The van der Waals surface area contributed by atoms with Gasteiger partial charge in [0.25, 0.3) is 5.91 Å². The van der Waals surface area contributed by atoms with Crippen LogP contribution in [0, 0.1) is 6.92 Å². The fourth-order valence-corrected chi connectivity index (χ4v) is 4.92. The van der Waals surface area contributed by atoms with Crippen molar-refractivity contribution in [3.05, 3.63) is 63.1 Å². The van der Waals surface area contributed by atoms with Crippen LogP contribution in [0.5, 0.6) is 0 Å². The first-order valence-corrected chi connectivity index (χ1v) is 10.3. The van der Waals surface area contributed by atoms with Crippen LogP contribution in [-0.4, -0.2) is 33.9 Å². The van der Waals surface area contributed by atoms with E-state index in [1.54, 1.807) is 0 Å². The maximum absolute atomic E-state index is 12.7. The zero-order valence-electron chi connectivity index (χ0n) is 14.5. The lowest BCUT2D eigenvalue weighted by Gasteiger charge is -2.41. The largest absolute Gasteiger partial charge is 0.375 e. The number of thiazole rings is 2. The van der Waals surface area contributed by atoms with Gasteiger partial charge >= 0.3 is 0 Å². The minimum absolute atomic E-state index is 0.0220. The number of hydrogen-bond acceptors (Lipinski definition) is 6. The molecule has 3 aromatic rings. The summed E-state index contributed by atoms with van der Waals surface area (Å²) in [5, 5.41) is 5.41. The molecule has 7 heteroatoms. The van der Waals surface area contributed by atoms with E-state index in [-0.39, 0.29) is 11.3 Å². The predicted octanol–water partition coefficient (Wildman–Crippen LogP) is 3.71. The van der Waals surface area contributed by atoms with E-state index in [9.17, 15) is 4.79 Å². The van der Waals surface area contributed by atoms with Gasteiger partial charge in [0.1, 0.15) is 5.69 Å². The monoisotopic (exact) mass is 384 g/mol. The van der Waals surface area contributed by atoms with Crippen molar-refractivity contribution >= 4 is 33.7 Å². The molecule has 0 aliphatic carbocycles. The molecule has 0 atom stereocenters. The lowest BCUT2D eigenvalue weighted by Crippen LogP contribution is -2.46. The van der Waals surface area contributed by atoms with Crippen LogP contribution in [0.4, 0.5) is 5.13 Å². The van der Waals surface area contributed by atoms with Gasteiger partial charge < -0.3 is 10.6 Å². The third-order valence-corrected chi connectivity index (χ3v) is 6.53. The van der Waals surface area contributed by atoms with Crippen molar-refractivity contribution in [1.82, 2.24) is 14.9 Å². The van der Waals surface area contributed by atoms with Crippen LogP contribution < -0.4 is 5.73 Å². The molecule has 1 amide bonds. The van der Waals surface area contributed by atoms with E-state index in [0.29, 0.717) is 23.9 Å². The molecule has 1 aromatic carbocycles. The number of hydrogen-bond donors (Lipinski definition) is 1. The summed E-state index contributed by atoms with van der Waals surface area (Å²) in [6.07, 6.45) is 1.66. The number of carbonyl (C=O) groups excluding carboxylic acids is 1. The molecule has 1 aliphatic rings. The zero-order chi connectivity index (χ0) is 18.1. The summed E-state index contributed by atoms with van der Waals surface area (Å²) in [5.41, 5.74) is 8.53. The van der Waals surface area contributed by atoms with Crippen LogP contribution in [0.15, 0.2) is 41.1 Å². The van der Waals surface area contributed by atoms with E-state index in [1.807, 2.05) is 23.3 Å². The molecule has 26 heavy (non-hydrogen) atoms. The molecular weight excluding hydrogens is 364 g/mol. The molecule has 4 rings (SSSR count). The highest BCUT2D eigenvalue weighted by molar-refractivity contribution is 7.13. The zero-order valence-corrected chi connectivity index (χ0v) is 16.1. The second-order valence-corrected chi connectivity index (χ2v) is 8.51. The number of carbonyl (C=O) groups is 1. The Balaban J connectivity index is 1.61. The highest BCUT2D eigenvalue weighted by Gasteiger charge is 2.41. The maximum atomic E-state index is 12.7. The minimum Gasteiger partial charge on any atom is -0.375 e. The van der Waals surface area contributed by atoms with Gasteiger partial charge in [0.2, 0.25) is 0 Å². The maximum Gasteiger partial charge on any atom is 0.273 e. The molecule has 0 radical (unpaired) electrons. The Morgan fingerprint density at radius 2 is 1.85 bits per heavy atom. The average molecular weight is 385 g/mol. The van der Waals surface area contributed by atoms with Crippen molar-refractivity contribution < 1.29 is 4.79 Å². The smallest absolute Gasteiger partial charge is 0.273 e. The van der Waals surface area contributed by atoms with Crippen molar-refractivity contribution in [2.45, 2.75) is 25.2 Å². The van der Waals surface area contributed by atoms with Gasteiger partial charge in [-0.2, -0.15) is 0 Å². The van der Waals surface area contributed by atoms with Crippen molar-refractivity contribution in [3.63, 3.8) is 0 Å². The number of anilines is 1. The van der Waals surface area contributed by atoms with Crippen molar-refractivity contribution in [1.29, 1.82) is 0 Å². The van der Waals surface area contributed by atoms with Crippen LogP contribution in [-0.2, 0) is 5.41 Å². The topological polar surface area (TPSA) is 72.1 Å². The fraction of sp³-hybridized carbons (Fsp3) is 0.316. The molecule has 5 nitrogen and oxygen atoms in total. The molecule has 0 saturated carbocycles. The first kappa shape index (κ1) is 17.2. The number of likely N-dealkylation sites (tertiary alicyclic amines) is 1. The van der Waals surface area contributed by atoms with Crippen LogP contribution in [0.25, 0.3) is 0 Å². The molecule has 0 spiro atoms. The van der Waals surface area contributed by atoms with Gasteiger partial charge in [-0.3, -0.25) is 4.79 Å². The standard InChI is InChI=1S/C19H20N4OS2/c1-13-21-15(11-25-13)17(24)23-9-7-19(8-10-23,14-5-3-2-4-6-14)16-12-26-18(20)22-16/h2-6,11-12H,7-10H2,1H3,(H2,20,22). The number of piperidine rings is 1. The predicted molar refractivity (Wildman–Crippen MR) is 106 cm³/mol. The average Bonchev–Trinajstić information content (AvgIpc) is 3.31. The molecule has 1 fully saturated rings. The number of aryl methyl sites for hydroxylation is 1. The Morgan fingerprint density at radius 3 is 2.42 bits per heavy atom. The Kier molecular flexibility index (Phi) is 4.50. The third-order valence-electron chi connectivity index (χ3n) is 5.08. The summed E-state index contributed by atoms with van der Waals surface area (Å²) in [7, 11) is 0. The summed E-state index contributed by atoms with van der Waals surface area (Å²) < 4.78 is 0. The summed E-state index contributed by atoms with van der Waals surface area (Å²) in [4.78, 5) is 23.6. The molecule has 0 bridgehead atoms. The van der Waals surface area contributed by atoms with Crippen LogP contribution in [0.3, 0.4) is 0 Å². The molecule has 0 unspecified atom stereocenters. The van der Waals surface area contributed by atoms with E-state index >= 15 is 0 Å². The van der Waals surface area contributed by atoms with Gasteiger partial charge in [-0.05, 0) is 25.3 Å². The molecular formula is C19H20N4OS2. The van der Waals surface area contributed by atoms with Gasteiger partial charge in [-0.25, -0.2) is 9.97 Å². The number of benzene rings is 1. The lowest BCUT2D eigenvalue weighted by atomic mass is 9.70. The second-order valence-electron chi connectivity index (χ2n) is 6.56. The summed E-state index contributed by atoms with van der Waals surface area (Å²) in [6, 6.07) is 10.4. The summed E-state index contributed by atoms with van der Waals surface area (Å²) in [5.74, 6) is 0.0220.